The number of aryl methyl sites for hydroxylation is 1. The molecule has 2 amide bonds. The zero-order valence-electron chi connectivity index (χ0n) is 18.7. The summed E-state index contributed by atoms with van der Waals surface area (Å²) in [6.07, 6.45) is 2.26. The molecule has 0 fully saturated rings. The van der Waals surface area contributed by atoms with Gasteiger partial charge in [-0.1, -0.05) is 59.0 Å². The number of carbonyl (C=O) groups is 2. The first-order valence-electron chi connectivity index (χ1n) is 10.7. The van der Waals surface area contributed by atoms with E-state index in [9.17, 15) is 9.59 Å². The van der Waals surface area contributed by atoms with Gasteiger partial charge in [0.05, 0.1) is 16.0 Å². The number of aromatic nitrogens is 4. The predicted octanol–water partition coefficient (Wildman–Crippen LogP) is 4.09. The Kier molecular flexibility index (Phi) is 7.71. The molecule has 0 radical (unpaired) electrons. The lowest BCUT2D eigenvalue weighted by atomic mass is 10.1. The van der Waals surface area contributed by atoms with Crippen molar-refractivity contribution < 1.29 is 9.59 Å². The third kappa shape index (κ3) is 5.89. The third-order valence-corrected chi connectivity index (χ3v) is 6.84. The molecule has 2 N–H and O–H groups in total. The van der Waals surface area contributed by atoms with Crippen LogP contribution in [0, 0.1) is 6.92 Å². The highest BCUT2D eigenvalue weighted by atomic mass is 32.2. The van der Waals surface area contributed by atoms with Gasteiger partial charge in [-0.25, -0.2) is 4.98 Å². The maximum Gasteiger partial charge on any atom is 0.251 e. The Labute approximate surface area is 205 Å². The Bertz CT molecular complexity index is 1280. The van der Waals surface area contributed by atoms with Crippen LogP contribution in [0.15, 0.2) is 66.3 Å². The van der Waals surface area contributed by atoms with Crippen molar-refractivity contribution in [3.8, 4) is 0 Å². The van der Waals surface area contributed by atoms with Crippen molar-refractivity contribution >= 4 is 50.3 Å². The number of thioether (sulfide) groups is 1. The van der Waals surface area contributed by atoms with Gasteiger partial charge in [0.15, 0.2) is 10.3 Å². The van der Waals surface area contributed by atoms with Gasteiger partial charge in [-0.05, 0) is 31.2 Å². The average molecular weight is 493 g/mol. The number of amides is 2. The highest BCUT2D eigenvalue weighted by Crippen LogP contribution is 2.26. The molecule has 0 unspecified atom stereocenters. The van der Waals surface area contributed by atoms with Gasteiger partial charge in [0.1, 0.15) is 5.82 Å². The number of anilines is 1. The minimum absolute atomic E-state index is 0.129. The Morgan fingerprint density at radius 2 is 1.94 bits per heavy atom. The Hall–Kier alpha value is -3.50. The molecule has 0 aliphatic heterocycles. The molecule has 0 saturated heterocycles. The summed E-state index contributed by atoms with van der Waals surface area (Å²) in [6, 6.07) is 15.2. The van der Waals surface area contributed by atoms with Crippen LogP contribution in [-0.2, 0) is 17.8 Å². The van der Waals surface area contributed by atoms with E-state index in [1.165, 1.54) is 23.1 Å². The zero-order valence-corrected chi connectivity index (χ0v) is 20.3. The van der Waals surface area contributed by atoms with Gasteiger partial charge < -0.3 is 15.2 Å². The topological polar surface area (TPSA) is 102 Å². The summed E-state index contributed by atoms with van der Waals surface area (Å²) in [4.78, 5) is 29.2. The number of fused-ring (bicyclic) bond motifs is 1. The van der Waals surface area contributed by atoms with Crippen molar-refractivity contribution in [3.63, 3.8) is 0 Å². The van der Waals surface area contributed by atoms with Gasteiger partial charge in [0, 0.05) is 25.1 Å². The molecule has 2 heterocycles. The van der Waals surface area contributed by atoms with Gasteiger partial charge in [-0.2, -0.15) is 0 Å². The lowest BCUT2D eigenvalue weighted by molar-refractivity contribution is -0.113. The average Bonchev–Trinajstić information content (AvgIpc) is 3.41. The number of carbonyl (C=O) groups excluding carboxylic acids is 2. The van der Waals surface area contributed by atoms with Crippen LogP contribution in [-0.4, -0.2) is 43.9 Å². The Balaban J connectivity index is 1.32. The summed E-state index contributed by atoms with van der Waals surface area (Å²) in [7, 11) is 0. The van der Waals surface area contributed by atoms with Gasteiger partial charge >= 0.3 is 0 Å². The monoisotopic (exact) mass is 492 g/mol. The van der Waals surface area contributed by atoms with E-state index >= 15 is 0 Å². The second-order valence-electron chi connectivity index (χ2n) is 7.49. The first-order valence-corrected chi connectivity index (χ1v) is 12.5. The summed E-state index contributed by atoms with van der Waals surface area (Å²) in [5.74, 6) is 0.605. The van der Waals surface area contributed by atoms with Crippen LogP contribution in [0.5, 0.6) is 0 Å². The highest BCUT2D eigenvalue weighted by Gasteiger charge is 2.15. The highest BCUT2D eigenvalue weighted by molar-refractivity contribution is 7.99. The zero-order chi connectivity index (χ0) is 23.9. The molecule has 2 aromatic carbocycles. The standard InChI is InChI=1S/C24H24N6O2S2/c1-3-14-30-20(12-13-25-22(32)17-10-8-16(2)9-11-17)28-29-24(30)33-15-21(31)27-23-26-18-6-4-5-7-19(18)34-23/h3-11H,1,12-15H2,2H3,(H,25,32)(H,26,27,31). The maximum absolute atomic E-state index is 12.5. The van der Waals surface area contributed by atoms with E-state index < -0.39 is 0 Å². The van der Waals surface area contributed by atoms with Crippen molar-refractivity contribution in [1.82, 2.24) is 25.1 Å². The van der Waals surface area contributed by atoms with Crippen molar-refractivity contribution in [2.45, 2.75) is 25.0 Å². The lowest BCUT2D eigenvalue weighted by Crippen LogP contribution is -2.26. The number of hydrogen-bond donors (Lipinski definition) is 2. The molecular formula is C24H24N6O2S2. The molecule has 4 aromatic rings. The number of benzene rings is 2. The maximum atomic E-state index is 12.5. The second-order valence-corrected chi connectivity index (χ2v) is 9.47. The number of nitrogens with one attached hydrogen (secondary N) is 2. The van der Waals surface area contributed by atoms with Crippen molar-refractivity contribution in [1.29, 1.82) is 0 Å². The molecular weight excluding hydrogens is 468 g/mol. The van der Waals surface area contributed by atoms with Crippen LogP contribution in [0.4, 0.5) is 5.13 Å². The van der Waals surface area contributed by atoms with Crippen molar-refractivity contribution in [2.24, 2.45) is 0 Å². The first kappa shape index (κ1) is 23.7. The number of rotatable bonds is 10. The summed E-state index contributed by atoms with van der Waals surface area (Å²) in [5, 5.41) is 15.5. The lowest BCUT2D eigenvalue weighted by Gasteiger charge is -2.09. The van der Waals surface area contributed by atoms with E-state index in [4.69, 9.17) is 0 Å². The van der Waals surface area contributed by atoms with E-state index in [2.05, 4.69) is 32.4 Å². The van der Waals surface area contributed by atoms with Gasteiger partial charge in [0.2, 0.25) is 5.91 Å². The second kappa shape index (κ2) is 11.1. The largest absolute Gasteiger partial charge is 0.352 e. The number of allylic oxidation sites excluding steroid dienone is 1. The summed E-state index contributed by atoms with van der Waals surface area (Å²) in [6.45, 7) is 6.72. The molecule has 174 valence electrons. The minimum Gasteiger partial charge on any atom is -0.352 e. The van der Waals surface area contributed by atoms with Crippen LogP contribution in [0.3, 0.4) is 0 Å². The normalized spacial score (nSPS) is 10.9. The van der Waals surface area contributed by atoms with Gasteiger partial charge in [0.25, 0.3) is 5.91 Å². The van der Waals surface area contributed by atoms with E-state index in [1.54, 1.807) is 18.2 Å². The van der Waals surface area contributed by atoms with Gasteiger partial charge in [-0.15, -0.1) is 16.8 Å². The number of thiazole rings is 1. The molecule has 0 saturated carbocycles. The molecule has 0 bridgehead atoms. The Morgan fingerprint density at radius 1 is 1.15 bits per heavy atom. The third-order valence-electron chi connectivity index (χ3n) is 4.93. The molecule has 0 aliphatic carbocycles. The fourth-order valence-corrected chi connectivity index (χ4v) is 4.88. The molecule has 0 aliphatic rings. The number of nitrogens with zero attached hydrogens (tertiary/aromatic N) is 4. The van der Waals surface area contributed by atoms with E-state index in [-0.39, 0.29) is 17.6 Å². The smallest absolute Gasteiger partial charge is 0.251 e. The van der Waals surface area contributed by atoms with Crippen molar-refractivity contribution in [2.75, 3.05) is 17.6 Å². The number of para-hydroxylation sites is 1. The van der Waals surface area contributed by atoms with Crippen LogP contribution >= 0.6 is 23.1 Å². The van der Waals surface area contributed by atoms with Crippen LogP contribution in [0.2, 0.25) is 0 Å². The van der Waals surface area contributed by atoms with Crippen LogP contribution < -0.4 is 10.6 Å². The van der Waals surface area contributed by atoms with Gasteiger partial charge in [-0.3, -0.25) is 9.59 Å². The van der Waals surface area contributed by atoms with E-state index in [1.807, 2.05) is 47.9 Å². The SMILES string of the molecule is C=CCn1c(CCNC(=O)c2ccc(C)cc2)nnc1SCC(=O)Nc1nc2ccccc2s1. The predicted molar refractivity (Wildman–Crippen MR) is 136 cm³/mol. The fourth-order valence-electron chi connectivity index (χ4n) is 3.23. The molecule has 0 atom stereocenters. The van der Waals surface area contributed by atoms with Crippen LogP contribution in [0.1, 0.15) is 21.7 Å². The summed E-state index contributed by atoms with van der Waals surface area (Å²) in [5.41, 5.74) is 2.58. The molecule has 0 spiro atoms. The quantitative estimate of drug-likeness (QED) is 0.255. The molecule has 34 heavy (non-hydrogen) atoms. The Morgan fingerprint density at radius 3 is 2.71 bits per heavy atom. The van der Waals surface area contributed by atoms with Crippen molar-refractivity contribution in [3.05, 3.63) is 78.1 Å². The minimum atomic E-state index is -0.163. The first-order chi connectivity index (χ1) is 16.5. The summed E-state index contributed by atoms with van der Waals surface area (Å²) < 4.78 is 2.93. The molecule has 10 heteroatoms. The van der Waals surface area contributed by atoms with E-state index in [0.29, 0.717) is 35.4 Å². The van der Waals surface area contributed by atoms with Crippen LogP contribution in [0.25, 0.3) is 10.2 Å². The molecule has 4 rings (SSSR count). The summed E-state index contributed by atoms with van der Waals surface area (Å²) >= 11 is 2.74. The van der Waals surface area contributed by atoms with E-state index in [0.717, 1.165) is 21.6 Å². The molecule has 8 nitrogen and oxygen atoms in total. The molecule has 2 aromatic heterocycles. The fraction of sp³-hybridized carbons (Fsp3) is 0.208. The number of hydrogen-bond acceptors (Lipinski definition) is 7.